The predicted molar refractivity (Wildman–Crippen MR) is 70.8 cm³/mol. The van der Waals surface area contributed by atoms with Crippen molar-refractivity contribution in [3.63, 3.8) is 0 Å². The first kappa shape index (κ1) is 13.5. The Morgan fingerprint density at radius 2 is 2.00 bits per heavy atom. The van der Waals surface area contributed by atoms with E-state index in [1.165, 1.54) is 18.9 Å². The molecule has 2 rings (SSSR count). The average Bonchev–Trinajstić information content (AvgIpc) is 2.86. The fourth-order valence-corrected chi connectivity index (χ4v) is 2.82. The minimum absolute atomic E-state index is 0.0134. The zero-order chi connectivity index (χ0) is 13.0. The molecule has 1 aromatic rings. The summed E-state index contributed by atoms with van der Waals surface area (Å²) in [4.78, 5) is 0. The number of benzene rings is 1. The highest BCUT2D eigenvalue weighted by atomic mass is 19.1. The van der Waals surface area contributed by atoms with Gasteiger partial charge in [0.25, 0.3) is 0 Å². The molecule has 0 aromatic heterocycles. The molecule has 2 nitrogen and oxygen atoms in total. The van der Waals surface area contributed by atoms with Crippen LogP contribution in [0.4, 0.5) is 4.39 Å². The van der Waals surface area contributed by atoms with Crippen molar-refractivity contribution >= 4 is 0 Å². The van der Waals surface area contributed by atoms with E-state index in [2.05, 4.69) is 5.32 Å². The standard InChI is InChI=1S/C15H22FNO/c1-12(13-6-2-3-7-14(13)16)17-10-15(11-18)8-4-5-9-15/h2-3,6-7,12,17-18H,4-5,8-11H2,1H3. The molecule has 0 spiro atoms. The van der Waals surface area contributed by atoms with Crippen LogP contribution in [0.5, 0.6) is 0 Å². The molecule has 1 saturated carbocycles. The zero-order valence-corrected chi connectivity index (χ0v) is 11.0. The van der Waals surface area contributed by atoms with Crippen LogP contribution in [-0.2, 0) is 0 Å². The third-order valence-corrected chi connectivity index (χ3v) is 4.15. The molecule has 0 amide bonds. The van der Waals surface area contributed by atoms with Crippen molar-refractivity contribution in [3.8, 4) is 0 Å². The molecule has 100 valence electrons. The molecule has 0 radical (unpaired) electrons. The van der Waals surface area contributed by atoms with E-state index >= 15 is 0 Å². The van der Waals surface area contributed by atoms with Crippen LogP contribution in [0.25, 0.3) is 0 Å². The van der Waals surface area contributed by atoms with Crippen LogP contribution < -0.4 is 5.32 Å². The summed E-state index contributed by atoms with van der Waals surface area (Å²) in [6.07, 6.45) is 4.52. The Hall–Kier alpha value is -0.930. The third-order valence-electron chi connectivity index (χ3n) is 4.15. The molecule has 1 aliphatic carbocycles. The van der Waals surface area contributed by atoms with Gasteiger partial charge in [0.1, 0.15) is 5.82 Å². The molecule has 1 fully saturated rings. The number of hydrogen-bond donors (Lipinski definition) is 2. The van der Waals surface area contributed by atoms with Crippen LogP contribution in [0, 0.1) is 11.2 Å². The van der Waals surface area contributed by atoms with Gasteiger partial charge in [-0.2, -0.15) is 0 Å². The Kier molecular flexibility index (Phi) is 4.36. The zero-order valence-electron chi connectivity index (χ0n) is 11.0. The smallest absolute Gasteiger partial charge is 0.127 e. The van der Waals surface area contributed by atoms with Crippen molar-refractivity contribution in [3.05, 3.63) is 35.6 Å². The van der Waals surface area contributed by atoms with E-state index in [9.17, 15) is 9.50 Å². The molecule has 18 heavy (non-hydrogen) atoms. The highest BCUT2D eigenvalue weighted by Gasteiger charge is 2.33. The Bertz CT molecular complexity index is 388. The summed E-state index contributed by atoms with van der Waals surface area (Å²) in [6, 6.07) is 6.85. The van der Waals surface area contributed by atoms with Crippen LogP contribution in [0.15, 0.2) is 24.3 Å². The first-order valence-electron chi connectivity index (χ1n) is 6.76. The topological polar surface area (TPSA) is 32.3 Å². The van der Waals surface area contributed by atoms with Gasteiger partial charge in [0.05, 0.1) is 0 Å². The molecule has 1 aromatic carbocycles. The van der Waals surface area contributed by atoms with Gasteiger partial charge in [-0.15, -0.1) is 0 Å². The quantitative estimate of drug-likeness (QED) is 0.843. The number of aliphatic hydroxyl groups excluding tert-OH is 1. The maximum atomic E-state index is 13.6. The Morgan fingerprint density at radius 3 is 2.61 bits per heavy atom. The molecule has 0 bridgehead atoms. The SMILES string of the molecule is CC(NCC1(CO)CCCC1)c1ccccc1F. The van der Waals surface area contributed by atoms with Gasteiger partial charge in [0, 0.05) is 30.2 Å². The highest BCUT2D eigenvalue weighted by Crippen LogP contribution is 2.37. The van der Waals surface area contributed by atoms with Gasteiger partial charge in [-0.3, -0.25) is 0 Å². The summed E-state index contributed by atoms with van der Waals surface area (Å²) in [5.41, 5.74) is 0.711. The molecule has 0 heterocycles. The molecule has 0 aliphatic heterocycles. The van der Waals surface area contributed by atoms with E-state index in [0.29, 0.717) is 5.56 Å². The Morgan fingerprint density at radius 1 is 1.33 bits per heavy atom. The van der Waals surface area contributed by atoms with E-state index in [1.54, 1.807) is 6.07 Å². The number of rotatable bonds is 5. The molecule has 3 heteroatoms. The molecule has 0 saturated heterocycles. The lowest BCUT2D eigenvalue weighted by Gasteiger charge is -2.29. The van der Waals surface area contributed by atoms with E-state index in [4.69, 9.17) is 0 Å². The Balaban J connectivity index is 1.96. The van der Waals surface area contributed by atoms with E-state index in [0.717, 1.165) is 19.4 Å². The number of nitrogens with one attached hydrogen (secondary N) is 1. The maximum Gasteiger partial charge on any atom is 0.127 e. The van der Waals surface area contributed by atoms with E-state index in [-0.39, 0.29) is 23.9 Å². The van der Waals surface area contributed by atoms with Crippen molar-refractivity contribution in [1.29, 1.82) is 0 Å². The molecule has 2 N–H and O–H groups in total. The predicted octanol–water partition coefficient (Wildman–Crippen LogP) is 3.03. The number of hydrogen-bond acceptors (Lipinski definition) is 2. The first-order valence-corrected chi connectivity index (χ1v) is 6.76. The second kappa shape index (κ2) is 5.81. The number of halogens is 1. The summed E-state index contributed by atoms with van der Waals surface area (Å²) >= 11 is 0. The largest absolute Gasteiger partial charge is 0.396 e. The monoisotopic (exact) mass is 251 g/mol. The van der Waals surface area contributed by atoms with Crippen LogP contribution in [0.3, 0.4) is 0 Å². The third kappa shape index (κ3) is 2.90. The van der Waals surface area contributed by atoms with Crippen molar-refractivity contribution < 1.29 is 9.50 Å². The van der Waals surface area contributed by atoms with Crippen molar-refractivity contribution in [2.45, 2.75) is 38.6 Å². The Labute approximate surface area is 108 Å². The average molecular weight is 251 g/mol. The summed E-state index contributed by atoms with van der Waals surface area (Å²) in [5.74, 6) is -0.165. The fraction of sp³-hybridized carbons (Fsp3) is 0.600. The lowest BCUT2D eigenvalue weighted by atomic mass is 9.87. The first-order chi connectivity index (χ1) is 8.67. The lowest BCUT2D eigenvalue weighted by molar-refractivity contribution is 0.125. The van der Waals surface area contributed by atoms with Gasteiger partial charge >= 0.3 is 0 Å². The molecular weight excluding hydrogens is 229 g/mol. The summed E-state index contributed by atoms with van der Waals surface area (Å²) < 4.78 is 13.6. The normalized spacial score (nSPS) is 19.9. The van der Waals surface area contributed by atoms with E-state index < -0.39 is 0 Å². The molecular formula is C15H22FNO. The van der Waals surface area contributed by atoms with Crippen LogP contribution >= 0.6 is 0 Å². The molecule has 1 atom stereocenters. The van der Waals surface area contributed by atoms with Crippen molar-refractivity contribution in [2.24, 2.45) is 5.41 Å². The molecule has 1 aliphatic rings. The van der Waals surface area contributed by atoms with Gasteiger partial charge in [-0.05, 0) is 25.8 Å². The van der Waals surface area contributed by atoms with Crippen LogP contribution in [-0.4, -0.2) is 18.3 Å². The highest BCUT2D eigenvalue weighted by molar-refractivity contribution is 5.20. The maximum absolute atomic E-state index is 13.6. The summed E-state index contributed by atoms with van der Waals surface area (Å²) in [6.45, 7) is 2.96. The van der Waals surface area contributed by atoms with Gasteiger partial charge < -0.3 is 10.4 Å². The van der Waals surface area contributed by atoms with Crippen molar-refractivity contribution in [2.75, 3.05) is 13.2 Å². The number of aliphatic hydroxyl groups is 1. The summed E-state index contributed by atoms with van der Waals surface area (Å²) in [7, 11) is 0. The van der Waals surface area contributed by atoms with E-state index in [1.807, 2.05) is 19.1 Å². The van der Waals surface area contributed by atoms with Gasteiger partial charge in [-0.25, -0.2) is 4.39 Å². The molecule has 1 unspecified atom stereocenters. The second-order valence-electron chi connectivity index (χ2n) is 5.49. The van der Waals surface area contributed by atoms with Crippen molar-refractivity contribution in [1.82, 2.24) is 5.32 Å². The van der Waals surface area contributed by atoms with Gasteiger partial charge in [-0.1, -0.05) is 31.0 Å². The van der Waals surface area contributed by atoms with Crippen LogP contribution in [0.1, 0.15) is 44.2 Å². The minimum atomic E-state index is -0.165. The fourth-order valence-electron chi connectivity index (χ4n) is 2.82. The lowest BCUT2D eigenvalue weighted by Crippen LogP contribution is -2.36. The van der Waals surface area contributed by atoms with Gasteiger partial charge in [0.15, 0.2) is 0 Å². The second-order valence-corrected chi connectivity index (χ2v) is 5.49. The van der Waals surface area contributed by atoms with Crippen LogP contribution in [0.2, 0.25) is 0 Å². The summed E-state index contributed by atoms with van der Waals surface area (Å²) in [5, 5.41) is 12.9. The minimum Gasteiger partial charge on any atom is -0.396 e. The van der Waals surface area contributed by atoms with Gasteiger partial charge in [0.2, 0.25) is 0 Å².